The summed E-state index contributed by atoms with van der Waals surface area (Å²) in [5, 5.41) is 0. The molecule has 0 aromatic heterocycles. The van der Waals surface area contributed by atoms with E-state index in [9.17, 15) is 8.42 Å². The Morgan fingerprint density at radius 3 is 2.45 bits per heavy atom. The molecule has 0 aliphatic heterocycles. The molecule has 0 amide bonds. The molecular formula is C15H20N2O2S. The predicted octanol–water partition coefficient (Wildman–Crippen LogP) is 1.47. The molecule has 108 valence electrons. The maximum absolute atomic E-state index is 12.2. The lowest BCUT2D eigenvalue weighted by Crippen LogP contribution is -2.30. The topological polar surface area (TPSA) is 72.2 Å². The van der Waals surface area contributed by atoms with Gasteiger partial charge in [-0.2, -0.15) is 0 Å². The van der Waals surface area contributed by atoms with Crippen molar-refractivity contribution in [2.45, 2.75) is 31.1 Å². The molecule has 1 aromatic rings. The largest absolute Gasteiger partial charge is 0.320 e. The molecule has 1 aromatic carbocycles. The summed E-state index contributed by atoms with van der Waals surface area (Å²) in [6, 6.07) is 6.55. The highest BCUT2D eigenvalue weighted by Crippen LogP contribution is 2.48. The summed E-state index contributed by atoms with van der Waals surface area (Å²) in [7, 11) is -3.42. The van der Waals surface area contributed by atoms with Crippen LogP contribution in [0.25, 0.3) is 0 Å². The number of hydrogen-bond acceptors (Lipinski definition) is 3. The third-order valence-electron chi connectivity index (χ3n) is 3.84. The zero-order valence-electron chi connectivity index (χ0n) is 11.6. The van der Waals surface area contributed by atoms with Crippen LogP contribution in [0.4, 0.5) is 0 Å². The Labute approximate surface area is 120 Å². The van der Waals surface area contributed by atoms with Gasteiger partial charge in [0.15, 0.2) is 0 Å². The summed E-state index contributed by atoms with van der Waals surface area (Å²) < 4.78 is 27.1. The molecule has 0 atom stereocenters. The highest BCUT2D eigenvalue weighted by Gasteiger charge is 2.41. The van der Waals surface area contributed by atoms with E-state index in [2.05, 4.69) is 23.5 Å². The van der Waals surface area contributed by atoms with Gasteiger partial charge < -0.3 is 5.73 Å². The molecule has 0 heterocycles. The first kappa shape index (κ1) is 15.0. The van der Waals surface area contributed by atoms with E-state index in [1.165, 1.54) is 0 Å². The molecule has 5 heteroatoms. The summed E-state index contributed by atoms with van der Waals surface area (Å²) in [5.41, 5.74) is 6.25. The lowest BCUT2D eigenvalue weighted by atomic mass is 10.1. The zero-order valence-corrected chi connectivity index (χ0v) is 12.5. The lowest BCUT2D eigenvalue weighted by Gasteiger charge is -2.13. The van der Waals surface area contributed by atoms with Crippen molar-refractivity contribution < 1.29 is 8.42 Å². The summed E-state index contributed by atoms with van der Waals surface area (Å²) in [5.74, 6) is 5.60. The first-order valence-corrected chi connectivity index (χ1v) is 8.28. The van der Waals surface area contributed by atoms with E-state index >= 15 is 0 Å². The van der Waals surface area contributed by atoms with Gasteiger partial charge in [0.05, 0.1) is 11.4 Å². The van der Waals surface area contributed by atoms with Gasteiger partial charge in [-0.1, -0.05) is 18.8 Å². The van der Waals surface area contributed by atoms with Gasteiger partial charge in [0.25, 0.3) is 0 Å². The highest BCUT2D eigenvalue weighted by atomic mass is 32.2. The van der Waals surface area contributed by atoms with Crippen LogP contribution < -0.4 is 10.5 Å². The minimum Gasteiger partial charge on any atom is -0.320 e. The Balaban J connectivity index is 2.05. The zero-order chi connectivity index (χ0) is 14.6. The van der Waals surface area contributed by atoms with Crippen LogP contribution >= 0.6 is 0 Å². The summed E-state index contributed by atoms with van der Waals surface area (Å²) in [4.78, 5) is 0.280. The molecule has 0 saturated heterocycles. The first-order chi connectivity index (χ1) is 9.51. The second-order valence-corrected chi connectivity index (χ2v) is 6.98. The molecule has 0 spiro atoms. The summed E-state index contributed by atoms with van der Waals surface area (Å²) in [6.45, 7) is 2.92. The molecule has 4 nitrogen and oxygen atoms in total. The predicted molar refractivity (Wildman–Crippen MR) is 79.5 cm³/mol. The number of nitrogens with one attached hydrogen (secondary N) is 1. The van der Waals surface area contributed by atoms with Crippen LogP contribution in [-0.2, 0) is 10.0 Å². The summed E-state index contributed by atoms with van der Waals surface area (Å²) in [6.07, 6.45) is 3.24. The Morgan fingerprint density at radius 2 is 1.95 bits per heavy atom. The Hall–Kier alpha value is -1.35. The van der Waals surface area contributed by atoms with Crippen molar-refractivity contribution in [1.82, 2.24) is 4.72 Å². The highest BCUT2D eigenvalue weighted by molar-refractivity contribution is 7.89. The van der Waals surface area contributed by atoms with Gasteiger partial charge in [-0.3, -0.25) is 0 Å². The van der Waals surface area contributed by atoms with Crippen LogP contribution in [0, 0.1) is 17.3 Å². The second kappa shape index (κ2) is 5.96. The molecule has 1 saturated carbocycles. The summed E-state index contributed by atoms with van der Waals surface area (Å²) >= 11 is 0. The van der Waals surface area contributed by atoms with Gasteiger partial charge in [0.2, 0.25) is 10.0 Å². The number of sulfonamides is 1. The van der Waals surface area contributed by atoms with Gasteiger partial charge >= 0.3 is 0 Å². The molecule has 0 bridgehead atoms. The van der Waals surface area contributed by atoms with E-state index in [4.69, 9.17) is 5.73 Å². The molecule has 3 N–H and O–H groups in total. The SMILES string of the molecule is CCC1(CNS(=O)(=O)c2ccc(C#CCN)cc2)CC1. The average Bonchev–Trinajstić information content (AvgIpc) is 3.24. The fourth-order valence-electron chi connectivity index (χ4n) is 2.03. The van der Waals surface area contributed by atoms with Gasteiger partial charge in [0.1, 0.15) is 0 Å². The monoisotopic (exact) mass is 292 g/mol. The molecule has 20 heavy (non-hydrogen) atoms. The van der Waals surface area contributed by atoms with E-state index in [1.807, 2.05) is 0 Å². The van der Waals surface area contributed by atoms with Crippen molar-refractivity contribution >= 4 is 10.0 Å². The van der Waals surface area contributed by atoms with Crippen molar-refractivity contribution in [2.75, 3.05) is 13.1 Å². The average molecular weight is 292 g/mol. The van der Waals surface area contributed by atoms with Gasteiger partial charge in [-0.25, -0.2) is 13.1 Å². The van der Waals surface area contributed by atoms with Crippen LogP contribution in [-0.4, -0.2) is 21.5 Å². The van der Waals surface area contributed by atoms with Gasteiger partial charge in [-0.05, 0) is 48.9 Å². The third-order valence-corrected chi connectivity index (χ3v) is 5.26. The fraction of sp³-hybridized carbons (Fsp3) is 0.467. The third kappa shape index (κ3) is 3.60. The van der Waals surface area contributed by atoms with Gasteiger partial charge in [0, 0.05) is 12.1 Å². The molecule has 1 aliphatic rings. The van der Waals surface area contributed by atoms with E-state index in [1.54, 1.807) is 24.3 Å². The molecule has 0 unspecified atom stereocenters. The maximum Gasteiger partial charge on any atom is 0.240 e. The number of nitrogens with two attached hydrogens (primary N) is 1. The van der Waals surface area contributed by atoms with E-state index in [0.29, 0.717) is 13.1 Å². The smallest absolute Gasteiger partial charge is 0.240 e. The fourth-order valence-corrected chi connectivity index (χ4v) is 3.19. The molecule has 0 radical (unpaired) electrons. The van der Waals surface area contributed by atoms with Crippen LogP contribution in [0.2, 0.25) is 0 Å². The van der Waals surface area contributed by atoms with Crippen LogP contribution in [0.3, 0.4) is 0 Å². The van der Waals surface area contributed by atoms with Crippen LogP contribution in [0.15, 0.2) is 29.2 Å². The van der Waals surface area contributed by atoms with Crippen LogP contribution in [0.1, 0.15) is 31.7 Å². The molecule has 1 fully saturated rings. The Bertz CT molecular complexity index is 620. The number of rotatable bonds is 5. The van der Waals surface area contributed by atoms with Crippen molar-refractivity contribution in [3.8, 4) is 11.8 Å². The number of hydrogen-bond donors (Lipinski definition) is 2. The van der Waals surface area contributed by atoms with Crippen molar-refractivity contribution in [3.05, 3.63) is 29.8 Å². The molecular weight excluding hydrogens is 272 g/mol. The van der Waals surface area contributed by atoms with E-state index in [-0.39, 0.29) is 10.3 Å². The lowest BCUT2D eigenvalue weighted by molar-refractivity contribution is 0.475. The molecule has 1 aliphatic carbocycles. The minimum atomic E-state index is -3.42. The van der Waals surface area contributed by atoms with Crippen molar-refractivity contribution in [2.24, 2.45) is 11.1 Å². The normalized spacial score (nSPS) is 16.3. The maximum atomic E-state index is 12.2. The van der Waals surface area contributed by atoms with E-state index in [0.717, 1.165) is 24.8 Å². The minimum absolute atomic E-state index is 0.194. The van der Waals surface area contributed by atoms with Crippen LogP contribution in [0.5, 0.6) is 0 Å². The number of benzene rings is 1. The first-order valence-electron chi connectivity index (χ1n) is 6.80. The Morgan fingerprint density at radius 1 is 1.30 bits per heavy atom. The van der Waals surface area contributed by atoms with Crippen molar-refractivity contribution in [1.29, 1.82) is 0 Å². The van der Waals surface area contributed by atoms with E-state index < -0.39 is 10.0 Å². The Kier molecular flexibility index (Phi) is 4.48. The quantitative estimate of drug-likeness (QED) is 0.807. The van der Waals surface area contributed by atoms with Gasteiger partial charge in [-0.15, -0.1) is 0 Å². The standard InChI is InChI=1S/C15H20N2O2S/c1-2-15(9-10-15)12-17-20(18,19)14-7-5-13(6-8-14)4-3-11-16/h5-8,17H,2,9-12,16H2,1H3. The molecule has 2 rings (SSSR count). The second-order valence-electron chi connectivity index (χ2n) is 5.21. The van der Waals surface area contributed by atoms with Crippen molar-refractivity contribution in [3.63, 3.8) is 0 Å².